The number of rotatable bonds is 5. The Balaban J connectivity index is 1.65. The van der Waals surface area contributed by atoms with Crippen LogP contribution in [0.4, 0.5) is 0 Å². The van der Waals surface area contributed by atoms with Crippen molar-refractivity contribution < 1.29 is 9.53 Å². The number of halogens is 1. The highest BCUT2D eigenvalue weighted by molar-refractivity contribution is 6.30. The number of aromatic nitrogens is 3. The summed E-state index contributed by atoms with van der Waals surface area (Å²) in [4.78, 5) is 12.2. The summed E-state index contributed by atoms with van der Waals surface area (Å²) in [5, 5.41) is 11.3. The van der Waals surface area contributed by atoms with E-state index < -0.39 is 0 Å². The molecule has 0 unspecified atom stereocenters. The minimum absolute atomic E-state index is 0.239. The van der Waals surface area contributed by atoms with Crippen LogP contribution < -0.4 is 10.1 Å². The second-order valence-electron chi connectivity index (χ2n) is 5.06. The largest absolute Gasteiger partial charge is 0.497 e. The second kappa shape index (κ2) is 7.14. The Hall–Kier alpha value is -2.86. The minimum Gasteiger partial charge on any atom is -0.497 e. The SMILES string of the molecule is COc1ccc(CNC(=O)c2cn(-c3cccc(Cl)c3)nn2)cc1. The molecule has 0 aliphatic heterocycles. The monoisotopic (exact) mass is 342 g/mol. The molecule has 0 saturated carbocycles. The van der Waals surface area contributed by atoms with E-state index in [4.69, 9.17) is 16.3 Å². The van der Waals surface area contributed by atoms with Crippen LogP contribution in [0.5, 0.6) is 5.75 Å². The van der Waals surface area contributed by atoms with Gasteiger partial charge in [-0.05, 0) is 35.9 Å². The van der Waals surface area contributed by atoms with Crippen LogP contribution in [0.15, 0.2) is 54.7 Å². The molecule has 0 atom stereocenters. The van der Waals surface area contributed by atoms with Crippen LogP contribution in [0.25, 0.3) is 5.69 Å². The summed E-state index contributed by atoms with van der Waals surface area (Å²) < 4.78 is 6.61. The van der Waals surface area contributed by atoms with Gasteiger partial charge in [-0.2, -0.15) is 0 Å². The number of hydrogen-bond acceptors (Lipinski definition) is 4. The van der Waals surface area contributed by atoms with Gasteiger partial charge in [-0.1, -0.05) is 35.0 Å². The van der Waals surface area contributed by atoms with E-state index in [-0.39, 0.29) is 11.6 Å². The summed E-state index contributed by atoms with van der Waals surface area (Å²) in [5.74, 6) is 0.480. The van der Waals surface area contributed by atoms with Crippen LogP contribution in [0.1, 0.15) is 16.1 Å². The first-order valence-corrected chi connectivity index (χ1v) is 7.63. The van der Waals surface area contributed by atoms with Gasteiger partial charge < -0.3 is 10.1 Å². The molecule has 1 aromatic heterocycles. The zero-order valence-electron chi connectivity index (χ0n) is 12.9. The van der Waals surface area contributed by atoms with Crippen molar-refractivity contribution in [1.29, 1.82) is 0 Å². The lowest BCUT2D eigenvalue weighted by molar-refractivity contribution is 0.0946. The lowest BCUT2D eigenvalue weighted by Crippen LogP contribution is -2.23. The molecule has 0 saturated heterocycles. The van der Waals surface area contributed by atoms with Gasteiger partial charge in [0.25, 0.3) is 5.91 Å². The Labute approximate surface area is 144 Å². The number of carbonyl (C=O) groups is 1. The molecule has 3 aromatic rings. The van der Waals surface area contributed by atoms with Crippen molar-refractivity contribution >= 4 is 17.5 Å². The lowest BCUT2D eigenvalue weighted by Gasteiger charge is -2.04. The van der Waals surface area contributed by atoms with E-state index in [0.717, 1.165) is 17.0 Å². The summed E-state index contributed by atoms with van der Waals surface area (Å²) in [5.41, 5.74) is 1.94. The molecule has 122 valence electrons. The van der Waals surface area contributed by atoms with E-state index in [1.54, 1.807) is 25.4 Å². The summed E-state index contributed by atoms with van der Waals surface area (Å²) >= 11 is 5.95. The Morgan fingerprint density at radius 3 is 2.75 bits per heavy atom. The van der Waals surface area contributed by atoms with Gasteiger partial charge in [0.1, 0.15) is 5.75 Å². The van der Waals surface area contributed by atoms with E-state index in [0.29, 0.717) is 11.6 Å². The number of nitrogens with one attached hydrogen (secondary N) is 1. The number of amides is 1. The summed E-state index contributed by atoms with van der Waals surface area (Å²) in [6.07, 6.45) is 1.56. The Bertz CT molecular complexity index is 846. The standard InChI is InChI=1S/C17H15ClN4O2/c1-24-15-7-5-12(6-8-15)10-19-17(23)16-11-22(21-20-16)14-4-2-3-13(18)9-14/h2-9,11H,10H2,1H3,(H,19,23). The highest BCUT2D eigenvalue weighted by atomic mass is 35.5. The molecule has 3 rings (SSSR count). The summed E-state index contributed by atoms with van der Waals surface area (Å²) in [6.45, 7) is 0.396. The van der Waals surface area contributed by atoms with Crippen molar-refractivity contribution in [3.8, 4) is 11.4 Å². The third-order valence-electron chi connectivity index (χ3n) is 3.41. The van der Waals surface area contributed by atoms with Gasteiger partial charge in [0, 0.05) is 11.6 Å². The molecule has 1 heterocycles. The normalized spacial score (nSPS) is 10.4. The van der Waals surface area contributed by atoms with Crippen LogP contribution in [0.2, 0.25) is 5.02 Å². The van der Waals surface area contributed by atoms with Gasteiger partial charge in [-0.3, -0.25) is 4.79 Å². The first-order valence-electron chi connectivity index (χ1n) is 7.25. The van der Waals surface area contributed by atoms with Crippen molar-refractivity contribution in [3.05, 3.63) is 71.0 Å². The molecule has 0 aliphatic carbocycles. The smallest absolute Gasteiger partial charge is 0.273 e. The van der Waals surface area contributed by atoms with Crippen LogP contribution >= 0.6 is 11.6 Å². The van der Waals surface area contributed by atoms with E-state index in [9.17, 15) is 4.79 Å². The van der Waals surface area contributed by atoms with Gasteiger partial charge in [0.2, 0.25) is 0 Å². The van der Waals surface area contributed by atoms with Crippen molar-refractivity contribution in [2.45, 2.75) is 6.54 Å². The maximum Gasteiger partial charge on any atom is 0.273 e. The molecule has 1 N–H and O–H groups in total. The minimum atomic E-state index is -0.293. The first-order chi connectivity index (χ1) is 11.7. The highest BCUT2D eigenvalue weighted by Crippen LogP contribution is 2.14. The van der Waals surface area contributed by atoms with E-state index in [1.807, 2.05) is 36.4 Å². The zero-order chi connectivity index (χ0) is 16.9. The summed E-state index contributed by atoms with van der Waals surface area (Å²) in [6, 6.07) is 14.6. The molecule has 0 fully saturated rings. The van der Waals surface area contributed by atoms with Gasteiger partial charge in [0.15, 0.2) is 5.69 Å². The average molecular weight is 343 g/mol. The topological polar surface area (TPSA) is 69.0 Å². The maximum atomic E-state index is 12.2. The molecule has 2 aromatic carbocycles. The molecule has 0 bridgehead atoms. The van der Waals surface area contributed by atoms with E-state index >= 15 is 0 Å². The van der Waals surface area contributed by atoms with Crippen LogP contribution in [0.3, 0.4) is 0 Å². The van der Waals surface area contributed by atoms with Crippen LogP contribution in [-0.2, 0) is 6.54 Å². The zero-order valence-corrected chi connectivity index (χ0v) is 13.7. The maximum absolute atomic E-state index is 12.2. The van der Waals surface area contributed by atoms with E-state index in [1.165, 1.54) is 4.68 Å². The van der Waals surface area contributed by atoms with Crippen molar-refractivity contribution in [1.82, 2.24) is 20.3 Å². The predicted octanol–water partition coefficient (Wildman–Crippen LogP) is 2.86. The Morgan fingerprint density at radius 1 is 1.25 bits per heavy atom. The molecular formula is C17H15ClN4O2. The third kappa shape index (κ3) is 3.72. The van der Waals surface area contributed by atoms with Crippen molar-refractivity contribution in [3.63, 3.8) is 0 Å². The molecule has 0 radical (unpaired) electrons. The van der Waals surface area contributed by atoms with Crippen LogP contribution in [-0.4, -0.2) is 28.0 Å². The quantitative estimate of drug-likeness (QED) is 0.774. The molecule has 7 heteroatoms. The molecule has 0 spiro atoms. The molecule has 24 heavy (non-hydrogen) atoms. The lowest BCUT2D eigenvalue weighted by atomic mass is 10.2. The third-order valence-corrected chi connectivity index (χ3v) is 3.65. The number of carbonyl (C=O) groups excluding carboxylic acids is 1. The van der Waals surface area contributed by atoms with Crippen molar-refractivity contribution in [2.75, 3.05) is 7.11 Å². The predicted molar refractivity (Wildman–Crippen MR) is 90.5 cm³/mol. The number of hydrogen-bond donors (Lipinski definition) is 1. The van der Waals surface area contributed by atoms with Crippen LogP contribution in [0, 0.1) is 0 Å². The fraction of sp³-hybridized carbons (Fsp3) is 0.118. The number of benzene rings is 2. The number of methoxy groups -OCH3 is 1. The summed E-state index contributed by atoms with van der Waals surface area (Å²) in [7, 11) is 1.61. The average Bonchev–Trinajstić information content (AvgIpc) is 3.10. The van der Waals surface area contributed by atoms with E-state index in [2.05, 4.69) is 15.6 Å². The van der Waals surface area contributed by atoms with Gasteiger partial charge in [-0.25, -0.2) is 4.68 Å². The fourth-order valence-corrected chi connectivity index (χ4v) is 2.31. The highest BCUT2D eigenvalue weighted by Gasteiger charge is 2.11. The second-order valence-corrected chi connectivity index (χ2v) is 5.50. The first kappa shape index (κ1) is 16.0. The molecule has 1 amide bonds. The molecule has 0 aliphatic rings. The van der Waals surface area contributed by atoms with Gasteiger partial charge >= 0.3 is 0 Å². The van der Waals surface area contributed by atoms with Crippen molar-refractivity contribution in [2.24, 2.45) is 0 Å². The van der Waals surface area contributed by atoms with Gasteiger partial charge in [-0.15, -0.1) is 5.10 Å². The fourth-order valence-electron chi connectivity index (χ4n) is 2.13. The Morgan fingerprint density at radius 2 is 2.04 bits per heavy atom. The van der Waals surface area contributed by atoms with Gasteiger partial charge in [0.05, 0.1) is 19.0 Å². The number of ether oxygens (including phenoxy) is 1. The molecular weight excluding hydrogens is 328 g/mol. The number of nitrogens with zero attached hydrogens (tertiary/aromatic N) is 3. The Kier molecular flexibility index (Phi) is 4.77. The molecule has 6 nitrogen and oxygen atoms in total.